The summed E-state index contributed by atoms with van der Waals surface area (Å²) in [5, 5.41) is 6.51. The molecule has 20 heavy (non-hydrogen) atoms. The number of nitrogens with one attached hydrogen (secondary N) is 2. The van der Waals surface area contributed by atoms with Crippen molar-refractivity contribution in [2.75, 3.05) is 13.1 Å². The average Bonchev–Trinajstić information content (AvgIpc) is 3.33. The monoisotopic (exact) mass is 272 g/mol. The third-order valence-electron chi connectivity index (χ3n) is 4.55. The lowest BCUT2D eigenvalue weighted by Crippen LogP contribution is -2.28. The number of benzene rings is 1. The van der Waals surface area contributed by atoms with Crippen LogP contribution in [0.1, 0.15) is 55.7 Å². The van der Waals surface area contributed by atoms with Crippen LogP contribution >= 0.6 is 0 Å². The molecule has 1 saturated heterocycles. The Kier molecular flexibility index (Phi) is 4.06. The number of hydrogen-bond donors (Lipinski definition) is 2. The quantitative estimate of drug-likeness (QED) is 0.885. The van der Waals surface area contributed by atoms with Gasteiger partial charge >= 0.3 is 0 Å². The van der Waals surface area contributed by atoms with Crippen LogP contribution in [0, 0.1) is 5.92 Å². The van der Waals surface area contributed by atoms with E-state index in [0.29, 0.717) is 5.92 Å². The molecule has 1 saturated carbocycles. The molecule has 1 unspecified atom stereocenters. The predicted octanol–water partition coefficient (Wildman–Crippen LogP) is 2.74. The maximum absolute atomic E-state index is 11.8. The van der Waals surface area contributed by atoms with Gasteiger partial charge < -0.3 is 10.6 Å². The third-order valence-corrected chi connectivity index (χ3v) is 4.55. The maximum Gasteiger partial charge on any atom is 0.223 e. The SMILES string of the molecule is CC(NC(=O)C1CC1)c1ccc(C2CCNCC2)cc1. The van der Waals surface area contributed by atoms with E-state index in [1.807, 2.05) is 0 Å². The second kappa shape index (κ2) is 5.96. The lowest BCUT2D eigenvalue weighted by atomic mass is 9.89. The molecule has 3 rings (SSSR count). The first-order chi connectivity index (χ1) is 9.74. The van der Waals surface area contributed by atoms with Crippen molar-refractivity contribution in [1.82, 2.24) is 10.6 Å². The van der Waals surface area contributed by atoms with Gasteiger partial charge in [0.1, 0.15) is 0 Å². The molecule has 2 aliphatic rings. The van der Waals surface area contributed by atoms with Crippen LogP contribution in [-0.2, 0) is 4.79 Å². The van der Waals surface area contributed by atoms with Gasteiger partial charge in [-0.05, 0) is 62.7 Å². The van der Waals surface area contributed by atoms with Crippen molar-refractivity contribution >= 4 is 5.91 Å². The second-order valence-electron chi connectivity index (χ2n) is 6.20. The smallest absolute Gasteiger partial charge is 0.223 e. The first-order valence-corrected chi connectivity index (χ1v) is 7.85. The van der Waals surface area contributed by atoms with Crippen LogP contribution in [0.25, 0.3) is 0 Å². The minimum atomic E-state index is 0.116. The van der Waals surface area contributed by atoms with Crippen molar-refractivity contribution in [3.8, 4) is 0 Å². The average molecular weight is 272 g/mol. The van der Waals surface area contributed by atoms with E-state index in [-0.39, 0.29) is 17.9 Å². The van der Waals surface area contributed by atoms with Gasteiger partial charge in [0.05, 0.1) is 6.04 Å². The summed E-state index contributed by atoms with van der Waals surface area (Å²) in [5.41, 5.74) is 2.65. The number of rotatable bonds is 4. The molecule has 2 fully saturated rings. The van der Waals surface area contributed by atoms with Crippen LogP contribution < -0.4 is 10.6 Å². The highest BCUT2D eigenvalue weighted by molar-refractivity contribution is 5.81. The van der Waals surface area contributed by atoms with Crippen LogP contribution in [0.15, 0.2) is 24.3 Å². The van der Waals surface area contributed by atoms with E-state index in [9.17, 15) is 4.79 Å². The van der Waals surface area contributed by atoms with Crippen LogP contribution in [0.5, 0.6) is 0 Å². The van der Waals surface area contributed by atoms with Gasteiger partial charge in [-0.1, -0.05) is 24.3 Å². The topological polar surface area (TPSA) is 41.1 Å². The van der Waals surface area contributed by atoms with E-state index in [4.69, 9.17) is 0 Å². The zero-order valence-electron chi connectivity index (χ0n) is 12.2. The molecule has 1 aromatic rings. The molecule has 0 bridgehead atoms. The standard InChI is InChI=1S/C17H24N2O/c1-12(19-17(20)16-6-7-16)13-2-4-14(5-3-13)15-8-10-18-11-9-15/h2-5,12,15-16,18H,6-11H2,1H3,(H,19,20). The van der Waals surface area contributed by atoms with Gasteiger partial charge in [0.2, 0.25) is 5.91 Å². The Bertz CT molecular complexity index is 458. The molecule has 3 heteroatoms. The van der Waals surface area contributed by atoms with Gasteiger partial charge in [0.15, 0.2) is 0 Å². The van der Waals surface area contributed by atoms with E-state index in [2.05, 4.69) is 41.8 Å². The summed E-state index contributed by atoms with van der Waals surface area (Å²) in [4.78, 5) is 11.8. The first kappa shape index (κ1) is 13.6. The Balaban J connectivity index is 1.60. The number of carbonyl (C=O) groups is 1. The zero-order chi connectivity index (χ0) is 13.9. The van der Waals surface area contributed by atoms with Crippen molar-refractivity contribution in [2.45, 2.75) is 44.6 Å². The Morgan fingerprint density at radius 3 is 2.40 bits per heavy atom. The lowest BCUT2D eigenvalue weighted by Gasteiger charge is -2.23. The van der Waals surface area contributed by atoms with Crippen molar-refractivity contribution in [3.63, 3.8) is 0 Å². The van der Waals surface area contributed by atoms with Crippen molar-refractivity contribution in [3.05, 3.63) is 35.4 Å². The van der Waals surface area contributed by atoms with Gasteiger partial charge in [-0.3, -0.25) is 4.79 Å². The molecule has 1 amide bonds. The van der Waals surface area contributed by atoms with Crippen LogP contribution in [0.3, 0.4) is 0 Å². The molecule has 108 valence electrons. The van der Waals surface area contributed by atoms with E-state index in [1.165, 1.54) is 24.0 Å². The molecule has 0 aromatic heterocycles. The van der Waals surface area contributed by atoms with Gasteiger partial charge in [0.25, 0.3) is 0 Å². The fraction of sp³-hybridized carbons (Fsp3) is 0.588. The Labute approximate surface area is 121 Å². The van der Waals surface area contributed by atoms with Gasteiger partial charge in [-0.2, -0.15) is 0 Å². The van der Waals surface area contributed by atoms with Crippen molar-refractivity contribution < 1.29 is 4.79 Å². The number of hydrogen-bond acceptors (Lipinski definition) is 2. The van der Waals surface area contributed by atoms with Crippen molar-refractivity contribution in [2.24, 2.45) is 5.92 Å². The largest absolute Gasteiger partial charge is 0.349 e. The molecular formula is C17H24N2O. The predicted molar refractivity (Wildman–Crippen MR) is 80.6 cm³/mol. The van der Waals surface area contributed by atoms with Gasteiger partial charge in [-0.25, -0.2) is 0 Å². The summed E-state index contributed by atoms with van der Waals surface area (Å²) in [6, 6.07) is 8.95. The summed E-state index contributed by atoms with van der Waals surface area (Å²) in [6.07, 6.45) is 4.58. The molecule has 1 atom stereocenters. The third kappa shape index (κ3) is 3.21. The summed E-state index contributed by atoms with van der Waals surface area (Å²) in [5.74, 6) is 1.20. The summed E-state index contributed by atoms with van der Waals surface area (Å²) in [6.45, 7) is 4.32. The molecule has 3 nitrogen and oxygen atoms in total. The van der Waals surface area contributed by atoms with Crippen LogP contribution in [0.2, 0.25) is 0 Å². The molecule has 1 aliphatic carbocycles. The molecular weight excluding hydrogens is 248 g/mol. The molecule has 1 heterocycles. The highest BCUT2D eigenvalue weighted by Crippen LogP contribution is 2.30. The highest BCUT2D eigenvalue weighted by atomic mass is 16.2. The van der Waals surface area contributed by atoms with Crippen LogP contribution in [-0.4, -0.2) is 19.0 Å². The summed E-state index contributed by atoms with van der Waals surface area (Å²) >= 11 is 0. The Hall–Kier alpha value is -1.35. The minimum Gasteiger partial charge on any atom is -0.349 e. The number of carbonyl (C=O) groups excluding carboxylic acids is 1. The number of amides is 1. The zero-order valence-corrected chi connectivity index (χ0v) is 12.2. The van der Waals surface area contributed by atoms with E-state index < -0.39 is 0 Å². The molecule has 2 N–H and O–H groups in total. The maximum atomic E-state index is 11.8. The van der Waals surface area contributed by atoms with Gasteiger partial charge in [0, 0.05) is 5.92 Å². The molecule has 1 aromatic carbocycles. The van der Waals surface area contributed by atoms with E-state index in [0.717, 1.165) is 25.9 Å². The normalized spacial score (nSPS) is 21.4. The first-order valence-electron chi connectivity index (χ1n) is 7.85. The molecule has 1 aliphatic heterocycles. The second-order valence-corrected chi connectivity index (χ2v) is 6.20. The van der Waals surface area contributed by atoms with Gasteiger partial charge in [-0.15, -0.1) is 0 Å². The van der Waals surface area contributed by atoms with E-state index >= 15 is 0 Å². The Morgan fingerprint density at radius 1 is 1.15 bits per heavy atom. The fourth-order valence-corrected chi connectivity index (χ4v) is 2.97. The van der Waals surface area contributed by atoms with Crippen LogP contribution in [0.4, 0.5) is 0 Å². The van der Waals surface area contributed by atoms with Crippen molar-refractivity contribution in [1.29, 1.82) is 0 Å². The van der Waals surface area contributed by atoms with E-state index in [1.54, 1.807) is 0 Å². The summed E-state index contributed by atoms with van der Waals surface area (Å²) < 4.78 is 0. The molecule has 0 spiro atoms. The number of piperidine rings is 1. The Morgan fingerprint density at radius 2 is 1.80 bits per heavy atom. The lowest BCUT2D eigenvalue weighted by molar-refractivity contribution is -0.122. The summed E-state index contributed by atoms with van der Waals surface area (Å²) in [7, 11) is 0. The molecule has 0 radical (unpaired) electrons. The minimum absolute atomic E-state index is 0.116. The highest BCUT2D eigenvalue weighted by Gasteiger charge is 2.30. The fourth-order valence-electron chi connectivity index (χ4n) is 2.97.